The predicted octanol–water partition coefficient (Wildman–Crippen LogP) is 1.89. The third kappa shape index (κ3) is 6.18. The van der Waals surface area contributed by atoms with Crippen molar-refractivity contribution in [1.82, 2.24) is 4.90 Å². The van der Waals surface area contributed by atoms with Gasteiger partial charge >= 0.3 is 5.97 Å². The number of carboxylic acid groups (broad SMARTS) is 1. The van der Waals surface area contributed by atoms with Gasteiger partial charge in [0.15, 0.2) is 0 Å². The summed E-state index contributed by atoms with van der Waals surface area (Å²) in [5.41, 5.74) is 0.419. The van der Waals surface area contributed by atoms with Crippen LogP contribution in [-0.4, -0.2) is 41.1 Å². The fourth-order valence-electron chi connectivity index (χ4n) is 1.29. The molecule has 0 aliphatic heterocycles. The highest BCUT2D eigenvalue weighted by Crippen LogP contribution is 2.09. The average molecular weight is 295 g/mol. The van der Waals surface area contributed by atoms with Crippen LogP contribution in [0.25, 0.3) is 0 Å². The molecule has 0 saturated carbocycles. The van der Waals surface area contributed by atoms with E-state index in [9.17, 15) is 14.4 Å². The number of carboxylic acids is 1. The van der Waals surface area contributed by atoms with Gasteiger partial charge in [0.25, 0.3) is 11.8 Å². The second-order valence-corrected chi connectivity index (χ2v) is 4.44. The summed E-state index contributed by atoms with van der Waals surface area (Å²) in [6.45, 7) is 11.8. The van der Waals surface area contributed by atoms with Crippen molar-refractivity contribution in [3.05, 3.63) is 36.0 Å². The Bertz CT molecular complexity index is 490. The number of ether oxygens (including phenoxy) is 1. The van der Waals surface area contributed by atoms with Crippen LogP contribution in [0.4, 0.5) is 0 Å². The topological polar surface area (TPSA) is 83.9 Å². The van der Waals surface area contributed by atoms with Crippen molar-refractivity contribution in [1.29, 1.82) is 0 Å². The zero-order valence-corrected chi connectivity index (χ0v) is 12.6. The summed E-state index contributed by atoms with van der Waals surface area (Å²) in [6.07, 6.45) is 1.44. The van der Waals surface area contributed by atoms with Crippen molar-refractivity contribution in [2.24, 2.45) is 0 Å². The van der Waals surface area contributed by atoms with E-state index in [1.54, 1.807) is 6.92 Å². The molecule has 0 aromatic carbocycles. The van der Waals surface area contributed by atoms with Crippen molar-refractivity contribution < 1.29 is 24.2 Å². The van der Waals surface area contributed by atoms with Crippen LogP contribution in [0, 0.1) is 0 Å². The van der Waals surface area contributed by atoms with Gasteiger partial charge in [-0.15, -0.1) is 0 Å². The van der Waals surface area contributed by atoms with Gasteiger partial charge in [-0.05, 0) is 27.2 Å². The van der Waals surface area contributed by atoms with Crippen molar-refractivity contribution in [2.75, 3.05) is 13.3 Å². The van der Waals surface area contributed by atoms with E-state index in [2.05, 4.69) is 13.2 Å². The fraction of sp³-hybridized carbons (Fsp3) is 0.400. The lowest BCUT2D eigenvalue weighted by Gasteiger charge is -2.20. The van der Waals surface area contributed by atoms with Crippen molar-refractivity contribution in [2.45, 2.75) is 27.2 Å². The van der Waals surface area contributed by atoms with Crippen LogP contribution in [0.15, 0.2) is 36.0 Å². The molecule has 0 atom stereocenters. The number of allylic oxidation sites excluding steroid dienone is 1. The molecule has 0 aliphatic carbocycles. The number of aliphatic carboxylic acids is 1. The summed E-state index contributed by atoms with van der Waals surface area (Å²) in [4.78, 5) is 35.7. The summed E-state index contributed by atoms with van der Waals surface area (Å²) in [5.74, 6) is -2.21. The van der Waals surface area contributed by atoms with Gasteiger partial charge < -0.3 is 9.84 Å². The minimum Gasteiger partial charge on any atom is -0.478 e. The fourth-order valence-corrected chi connectivity index (χ4v) is 1.29. The standard InChI is InChI=1S/C15H21NO5/c1-6-21-9-16(13(17)10(2)3)14(18)11(4)7-8-12(5)15(19)20/h7H,2,5-6,8-9H2,1,3-4H3,(H,19,20). The quantitative estimate of drug-likeness (QED) is 0.546. The first kappa shape index (κ1) is 18.8. The maximum absolute atomic E-state index is 12.2. The van der Waals surface area contributed by atoms with E-state index in [-0.39, 0.29) is 29.9 Å². The number of rotatable bonds is 8. The molecule has 0 spiro atoms. The number of carbonyl (C=O) groups excluding carboxylic acids is 2. The molecule has 0 unspecified atom stereocenters. The van der Waals surface area contributed by atoms with Gasteiger partial charge in [-0.25, -0.2) is 4.79 Å². The maximum atomic E-state index is 12.2. The predicted molar refractivity (Wildman–Crippen MR) is 78.3 cm³/mol. The number of carbonyl (C=O) groups is 3. The van der Waals surface area contributed by atoms with Crippen molar-refractivity contribution in [3.8, 4) is 0 Å². The molecule has 0 aromatic rings. The van der Waals surface area contributed by atoms with Gasteiger partial charge in [0.05, 0.1) is 0 Å². The number of amides is 2. The second kappa shape index (κ2) is 8.86. The van der Waals surface area contributed by atoms with Crippen LogP contribution in [0.2, 0.25) is 0 Å². The molecule has 116 valence electrons. The lowest BCUT2D eigenvalue weighted by atomic mass is 10.1. The zero-order valence-electron chi connectivity index (χ0n) is 12.6. The molecule has 2 amide bonds. The molecular weight excluding hydrogens is 274 g/mol. The van der Waals surface area contributed by atoms with Crippen LogP contribution in [0.1, 0.15) is 27.2 Å². The molecule has 0 fully saturated rings. The molecule has 0 aliphatic rings. The smallest absolute Gasteiger partial charge is 0.331 e. The van der Waals surface area contributed by atoms with Crippen LogP contribution in [0.3, 0.4) is 0 Å². The minimum absolute atomic E-state index is 0.0244. The van der Waals surface area contributed by atoms with E-state index in [1.165, 1.54) is 19.9 Å². The summed E-state index contributed by atoms with van der Waals surface area (Å²) in [7, 11) is 0. The molecule has 0 aromatic heterocycles. The van der Waals surface area contributed by atoms with E-state index in [0.29, 0.717) is 6.61 Å². The Morgan fingerprint density at radius 1 is 1.19 bits per heavy atom. The third-order valence-electron chi connectivity index (χ3n) is 2.57. The summed E-state index contributed by atoms with van der Waals surface area (Å²) < 4.78 is 5.11. The Balaban J connectivity index is 5.05. The maximum Gasteiger partial charge on any atom is 0.331 e. The normalized spacial score (nSPS) is 10.9. The molecule has 6 nitrogen and oxygen atoms in total. The first-order valence-corrected chi connectivity index (χ1v) is 6.39. The van der Waals surface area contributed by atoms with Crippen LogP contribution in [0.5, 0.6) is 0 Å². The van der Waals surface area contributed by atoms with E-state index in [1.807, 2.05) is 0 Å². The summed E-state index contributed by atoms with van der Waals surface area (Å²) in [5, 5.41) is 8.71. The van der Waals surface area contributed by atoms with Gasteiger partial charge in [0.2, 0.25) is 0 Å². The number of hydrogen-bond donors (Lipinski definition) is 1. The van der Waals surface area contributed by atoms with Crippen molar-refractivity contribution in [3.63, 3.8) is 0 Å². The molecule has 0 radical (unpaired) electrons. The highest BCUT2D eigenvalue weighted by Gasteiger charge is 2.23. The number of hydrogen-bond acceptors (Lipinski definition) is 4. The van der Waals surface area contributed by atoms with E-state index >= 15 is 0 Å². The largest absolute Gasteiger partial charge is 0.478 e. The van der Waals surface area contributed by atoms with Gasteiger partial charge in [0, 0.05) is 23.3 Å². The molecule has 0 heterocycles. The number of imide groups is 1. The van der Waals surface area contributed by atoms with Crippen LogP contribution < -0.4 is 0 Å². The monoisotopic (exact) mass is 295 g/mol. The van der Waals surface area contributed by atoms with Crippen LogP contribution >= 0.6 is 0 Å². The van der Waals surface area contributed by atoms with E-state index < -0.39 is 17.8 Å². The van der Waals surface area contributed by atoms with Gasteiger partial charge in [-0.3, -0.25) is 14.5 Å². The average Bonchev–Trinajstić information content (AvgIpc) is 2.43. The lowest BCUT2D eigenvalue weighted by Crippen LogP contribution is -2.39. The Kier molecular flexibility index (Phi) is 7.93. The second-order valence-electron chi connectivity index (χ2n) is 4.44. The van der Waals surface area contributed by atoms with Gasteiger partial charge in [-0.1, -0.05) is 19.2 Å². The molecule has 0 saturated heterocycles. The summed E-state index contributed by atoms with van der Waals surface area (Å²) in [6, 6.07) is 0. The van der Waals surface area contributed by atoms with Crippen LogP contribution in [-0.2, 0) is 19.1 Å². The highest BCUT2D eigenvalue weighted by atomic mass is 16.5. The Labute approximate surface area is 124 Å². The first-order valence-electron chi connectivity index (χ1n) is 6.39. The molecule has 0 bridgehead atoms. The third-order valence-corrected chi connectivity index (χ3v) is 2.57. The molecular formula is C15H21NO5. The SMILES string of the molecule is C=C(C)C(=O)N(COCC)C(=O)C(C)=CCC(=C)C(=O)O. The van der Waals surface area contributed by atoms with E-state index in [4.69, 9.17) is 9.84 Å². The van der Waals surface area contributed by atoms with Crippen molar-refractivity contribution >= 4 is 17.8 Å². The van der Waals surface area contributed by atoms with E-state index in [0.717, 1.165) is 4.90 Å². The minimum atomic E-state index is -1.13. The van der Waals surface area contributed by atoms with Gasteiger partial charge in [-0.2, -0.15) is 0 Å². The molecule has 1 N–H and O–H groups in total. The summed E-state index contributed by atoms with van der Waals surface area (Å²) >= 11 is 0. The molecule has 0 rings (SSSR count). The lowest BCUT2D eigenvalue weighted by molar-refractivity contribution is -0.146. The first-order chi connectivity index (χ1) is 9.72. The molecule has 21 heavy (non-hydrogen) atoms. The highest BCUT2D eigenvalue weighted by molar-refractivity contribution is 6.09. The zero-order chi connectivity index (χ0) is 16.6. The Morgan fingerprint density at radius 3 is 2.19 bits per heavy atom. The van der Waals surface area contributed by atoms with Gasteiger partial charge in [0.1, 0.15) is 6.73 Å². The number of nitrogens with zero attached hydrogens (tertiary/aromatic N) is 1. The Hall–Kier alpha value is -2.21. The molecule has 6 heteroatoms. The Morgan fingerprint density at radius 2 is 1.76 bits per heavy atom.